The summed E-state index contributed by atoms with van der Waals surface area (Å²) in [6.07, 6.45) is 0. The first kappa shape index (κ1) is 13.3. The summed E-state index contributed by atoms with van der Waals surface area (Å²) in [6, 6.07) is 5.70. The van der Waals surface area contributed by atoms with Crippen LogP contribution < -0.4 is 16.0 Å². The Morgan fingerprint density at radius 3 is 3.00 bits per heavy atom. The van der Waals surface area contributed by atoms with Crippen molar-refractivity contribution >= 4 is 38.3 Å². The molecule has 0 atom stereocenters. The lowest BCUT2D eigenvalue weighted by Crippen LogP contribution is -2.36. The molecular weight excluding hydrogens is 276 g/mol. The van der Waals surface area contributed by atoms with E-state index in [0.717, 1.165) is 47.3 Å². The Morgan fingerprint density at radius 1 is 1.45 bits per heavy atom. The number of anilines is 2. The largest absolute Gasteiger partial charge is 0.378 e. The highest BCUT2D eigenvalue weighted by molar-refractivity contribution is 7.22. The number of amides is 1. The van der Waals surface area contributed by atoms with Crippen molar-refractivity contribution in [2.24, 2.45) is 5.73 Å². The fraction of sp³-hybridized carbons (Fsp3) is 0.385. The first-order valence-corrected chi connectivity index (χ1v) is 7.31. The molecule has 3 rings (SSSR count). The van der Waals surface area contributed by atoms with Crippen LogP contribution in [0.15, 0.2) is 18.2 Å². The average molecular weight is 292 g/mol. The van der Waals surface area contributed by atoms with Gasteiger partial charge in [0.2, 0.25) is 5.91 Å². The first-order chi connectivity index (χ1) is 9.76. The molecule has 2 aromatic rings. The van der Waals surface area contributed by atoms with E-state index in [1.165, 1.54) is 0 Å². The smallest absolute Gasteiger partial charge is 0.238 e. The van der Waals surface area contributed by atoms with Gasteiger partial charge in [0.15, 0.2) is 5.13 Å². The van der Waals surface area contributed by atoms with Crippen LogP contribution in [0.2, 0.25) is 0 Å². The molecule has 106 valence electrons. The van der Waals surface area contributed by atoms with Crippen LogP contribution in [0.4, 0.5) is 10.8 Å². The standard InChI is InChI=1S/C13H16N4O2S/c14-8-12(18)15-9-1-2-10-11(7-9)20-13(16-10)17-3-5-19-6-4-17/h1-2,7H,3-6,8,14H2,(H,15,18). The fourth-order valence-electron chi connectivity index (χ4n) is 2.09. The molecule has 1 fully saturated rings. The van der Waals surface area contributed by atoms with Gasteiger partial charge in [-0.05, 0) is 18.2 Å². The maximum atomic E-state index is 11.3. The van der Waals surface area contributed by atoms with Crippen molar-refractivity contribution in [1.82, 2.24) is 4.98 Å². The molecule has 0 spiro atoms. The van der Waals surface area contributed by atoms with E-state index < -0.39 is 0 Å². The van der Waals surface area contributed by atoms with Crippen LogP contribution in [-0.4, -0.2) is 43.7 Å². The molecule has 1 saturated heterocycles. The average Bonchev–Trinajstić information content (AvgIpc) is 2.91. The fourth-order valence-corrected chi connectivity index (χ4v) is 3.15. The molecule has 1 aliphatic heterocycles. The molecule has 1 aromatic carbocycles. The molecule has 20 heavy (non-hydrogen) atoms. The summed E-state index contributed by atoms with van der Waals surface area (Å²) in [5.41, 5.74) is 7.00. The van der Waals surface area contributed by atoms with Gasteiger partial charge in [0.1, 0.15) is 0 Å². The highest BCUT2D eigenvalue weighted by Crippen LogP contribution is 2.31. The zero-order chi connectivity index (χ0) is 13.9. The summed E-state index contributed by atoms with van der Waals surface area (Å²) in [5.74, 6) is -0.192. The molecule has 6 nitrogen and oxygen atoms in total. The number of morpholine rings is 1. The Kier molecular flexibility index (Phi) is 3.81. The number of carbonyl (C=O) groups is 1. The topological polar surface area (TPSA) is 80.5 Å². The van der Waals surface area contributed by atoms with E-state index in [-0.39, 0.29) is 12.5 Å². The van der Waals surface area contributed by atoms with Crippen molar-refractivity contribution in [3.05, 3.63) is 18.2 Å². The lowest BCUT2D eigenvalue weighted by Gasteiger charge is -2.25. The lowest BCUT2D eigenvalue weighted by molar-refractivity contribution is -0.114. The quantitative estimate of drug-likeness (QED) is 0.883. The third kappa shape index (κ3) is 2.74. The van der Waals surface area contributed by atoms with Gasteiger partial charge >= 0.3 is 0 Å². The minimum Gasteiger partial charge on any atom is -0.378 e. The predicted octanol–water partition coefficient (Wildman–Crippen LogP) is 1.03. The summed E-state index contributed by atoms with van der Waals surface area (Å²) in [4.78, 5) is 18.2. The number of nitrogens with one attached hydrogen (secondary N) is 1. The number of thiazole rings is 1. The third-order valence-corrected chi connectivity index (χ3v) is 4.21. The third-order valence-electron chi connectivity index (χ3n) is 3.13. The van der Waals surface area contributed by atoms with Crippen LogP contribution in [0.3, 0.4) is 0 Å². The number of nitrogens with zero attached hydrogens (tertiary/aromatic N) is 2. The molecular formula is C13H16N4O2S. The molecule has 1 aliphatic rings. The van der Waals surface area contributed by atoms with Crippen molar-refractivity contribution in [2.45, 2.75) is 0 Å². The number of ether oxygens (including phenoxy) is 1. The maximum Gasteiger partial charge on any atom is 0.238 e. The number of fused-ring (bicyclic) bond motifs is 1. The highest BCUT2D eigenvalue weighted by atomic mass is 32.1. The van der Waals surface area contributed by atoms with Crippen LogP contribution in [0.5, 0.6) is 0 Å². The first-order valence-electron chi connectivity index (χ1n) is 6.49. The van der Waals surface area contributed by atoms with E-state index in [9.17, 15) is 4.79 Å². The van der Waals surface area contributed by atoms with E-state index in [1.807, 2.05) is 18.2 Å². The van der Waals surface area contributed by atoms with Gasteiger partial charge in [0, 0.05) is 18.8 Å². The van der Waals surface area contributed by atoms with Crippen molar-refractivity contribution in [3.63, 3.8) is 0 Å². The van der Waals surface area contributed by atoms with E-state index in [2.05, 4.69) is 15.2 Å². The van der Waals surface area contributed by atoms with Gasteiger partial charge in [0.25, 0.3) is 0 Å². The van der Waals surface area contributed by atoms with Gasteiger partial charge in [-0.1, -0.05) is 11.3 Å². The van der Waals surface area contributed by atoms with E-state index in [1.54, 1.807) is 11.3 Å². The number of nitrogens with two attached hydrogens (primary N) is 1. The van der Waals surface area contributed by atoms with Crippen LogP contribution in [0.25, 0.3) is 10.2 Å². The number of rotatable bonds is 3. The van der Waals surface area contributed by atoms with E-state index >= 15 is 0 Å². The van der Waals surface area contributed by atoms with Crippen LogP contribution in [0.1, 0.15) is 0 Å². The molecule has 2 heterocycles. The minimum absolute atomic E-state index is 0.0141. The number of benzene rings is 1. The number of hydrogen-bond donors (Lipinski definition) is 2. The zero-order valence-corrected chi connectivity index (χ0v) is 11.8. The van der Waals surface area contributed by atoms with Crippen molar-refractivity contribution in [1.29, 1.82) is 0 Å². The second-order valence-electron chi connectivity index (χ2n) is 4.53. The van der Waals surface area contributed by atoms with Crippen molar-refractivity contribution < 1.29 is 9.53 Å². The van der Waals surface area contributed by atoms with E-state index in [0.29, 0.717) is 0 Å². The number of carbonyl (C=O) groups excluding carboxylic acids is 1. The van der Waals surface area contributed by atoms with Gasteiger partial charge in [-0.2, -0.15) is 0 Å². The maximum absolute atomic E-state index is 11.3. The molecule has 7 heteroatoms. The Morgan fingerprint density at radius 2 is 2.25 bits per heavy atom. The second kappa shape index (κ2) is 5.74. The molecule has 0 saturated carbocycles. The Hall–Kier alpha value is -1.70. The summed E-state index contributed by atoms with van der Waals surface area (Å²) in [7, 11) is 0. The molecule has 0 radical (unpaired) electrons. The Bertz CT molecular complexity index is 622. The summed E-state index contributed by atoms with van der Waals surface area (Å²) in [6.45, 7) is 3.22. The molecule has 1 aromatic heterocycles. The van der Waals surface area contributed by atoms with Crippen LogP contribution in [0, 0.1) is 0 Å². The Labute approximate surface area is 120 Å². The Balaban J connectivity index is 1.85. The molecule has 1 amide bonds. The summed E-state index contributed by atoms with van der Waals surface area (Å²) < 4.78 is 6.40. The normalized spacial score (nSPS) is 15.6. The SMILES string of the molecule is NCC(=O)Nc1ccc2nc(N3CCOCC3)sc2c1. The molecule has 0 bridgehead atoms. The molecule has 3 N–H and O–H groups in total. The molecule has 0 unspecified atom stereocenters. The minimum atomic E-state index is -0.192. The van der Waals surface area contributed by atoms with Crippen molar-refractivity contribution in [3.8, 4) is 0 Å². The zero-order valence-electron chi connectivity index (χ0n) is 11.0. The summed E-state index contributed by atoms with van der Waals surface area (Å²) >= 11 is 1.63. The van der Waals surface area contributed by atoms with Crippen LogP contribution in [-0.2, 0) is 9.53 Å². The van der Waals surface area contributed by atoms with E-state index in [4.69, 9.17) is 10.5 Å². The van der Waals surface area contributed by atoms with Gasteiger partial charge in [0.05, 0.1) is 30.0 Å². The highest BCUT2D eigenvalue weighted by Gasteiger charge is 2.15. The second-order valence-corrected chi connectivity index (χ2v) is 5.54. The van der Waals surface area contributed by atoms with Crippen molar-refractivity contribution in [2.75, 3.05) is 43.1 Å². The lowest BCUT2D eigenvalue weighted by atomic mass is 10.3. The molecule has 0 aliphatic carbocycles. The summed E-state index contributed by atoms with van der Waals surface area (Å²) in [5, 5.41) is 3.76. The van der Waals surface area contributed by atoms with Gasteiger partial charge < -0.3 is 20.7 Å². The monoisotopic (exact) mass is 292 g/mol. The number of hydrogen-bond acceptors (Lipinski definition) is 6. The number of aromatic nitrogens is 1. The van der Waals surface area contributed by atoms with Crippen LogP contribution >= 0.6 is 11.3 Å². The van der Waals surface area contributed by atoms with Gasteiger partial charge in [-0.25, -0.2) is 4.98 Å². The van der Waals surface area contributed by atoms with Gasteiger partial charge in [-0.15, -0.1) is 0 Å². The van der Waals surface area contributed by atoms with Gasteiger partial charge in [-0.3, -0.25) is 4.79 Å². The predicted molar refractivity (Wildman–Crippen MR) is 80.3 cm³/mol.